The topological polar surface area (TPSA) is 16.4 Å². The summed E-state index contributed by atoms with van der Waals surface area (Å²) in [5.41, 5.74) is 12.2. The molecule has 0 saturated carbocycles. The summed E-state index contributed by atoms with van der Waals surface area (Å²) in [6.45, 7) is 0. The van der Waals surface area contributed by atoms with Crippen molar-refractivity contribution in [2.24, 2.45) is 0 Å². The maximum atomic E-state index is 6.30. The van der Waals surface area contributed by atoms with Crippen LogP contribution in [-0.2, 0) is 0 Å². The summed E-state index contributed by atoms with van der Waals surface area (Å²) in [6.07, 6.45) is 0. The molecule has 0 unspecified atom stereocenters. The van der Waals surface area contributed by atoms with E-state index in [4.69, 9.17) is 4.42 Å². The zero-order chi connectivity index (χ0) is 37.0. The van der Waals surface area contributed by atoms with Crippen molar-refractivity contribution in [2.75, 3.05) is 4.90 Å². The number of anilines is 3. The van der Waals surface area contributed by atoms with E-state index in [1.807, 2.05) is 12.1 Å². The minimum atomic E-state index is 0.896. The molecule has 56 heavy (non-hydrogen) atoms. The third kappa shape index (κ3) is 5.42. The van der Waals surface area contributed by atoms with Gasteiger partial charge in [0, 0.05) is 27.5 Å². The molecule has 1 heterocycles. The Morgan fingerprint density at radius 3 is 1.70 bits per heavy atom. The minimum Gasteiger partial charge on any atom is -0.456 e. The fraction of sp³-hybridized carbons (Fsp3) is 0. The molecule has 10 aromatic carbocycles. The van der Waals surface area contributed by atoms with Gasteiger partial charge < -0.3 is 9.32 Å². The fourth-order valence-corrected chi connectivity index (χ4v) is 8.50. The fourth-order valence-electron chi connectivity index (χ4n) is 8.50. The number of hydrogen-bond donors (Lipinski definition) is 0. The van der Waals surface area contributed by atoms with Crippen LogP contribution in [0, 0.1) is 0 Å². The lowest BCUT2D eigenvalue weighted by Gasteiger charge is -2.28. The molecule has 262 valence electrons. The zero-order valence-electron chi connectivity index (χ0n) is 30.6. The standard InChI is InChI=1S/C54H35NO/c1-2-12-40-33-41(28-27-36(40)11-1)39-25-23-37(24-26-39)38-29-31-44(32-30-38)55(51-35-43-13-3-4-16-46(43)48-17-5-6-18-49(48)51)45-15-9-14-42(34-45)47-20-10-22-53-54(47)50-19-7-8-21-52(50)56-53/h1-35H. The molecule has 0 spiro atoms. The molecular weight excluding hydrogens is 679 g/mol. The van der Waals surface area contributed by atoms with Crippen LogP contribution in [0.25, 0.3) is 87.6 Å². The van der Waals surface area contributed by atoms with Gasteiger partial charge >= 0.3 is 0 Å². The van der Waals surface area contributed by atoms with Crippen LogP contribution in [-0.4, -0.2) is 0 Å². The first-order chi connectivity index (χ1) is 27.7. The molecule has 0 atom stereocenters. The number of rotatable bonds is 6. The number of benzene rings is 10. The molecule has 0 bridgehead atoms. The first-order valence-electron chi connectivity index (χ1n) is 19.2. The first-order valence-corrected chi connectivity index (χ1v) is 19.2. The Kier molecular flexibility index (Phi) is 7.53. The lowest BCUT2D eigenvalue weighted by molar-refractivity contribution is 0.669. The van der Waals surface area contributed by atoms with Crippen molar-refractivity contribution in [1.29, 1.82) is 0 Å². The molecular formula is C54H35NO. The molecule has 2 nitrogen and oxygen atoms in total. The average Bonchev–Trinajstić information content (AvgIpc) is 3.66. The van der Waals surface area contributed by atoms with Crippen molar-refractivity contribution < 1.29 is 4.42 Å². The highest BCUT2D eigenvalue weighted by atomic mass is 16.3. The van der Waals surface area contributed by atoms with E-state index in [0.717, 1.165) is 50.1 Å². The van der Waals surface area contributed by atoms with Crippen molar-refractivity contribution >= 4 is 71.3 Å². The highest BCUT2D eigenvalue weighted by Gasteiger charge is 2.19. The quantitative estimate of drug-likeness (QED) is 0.160. The van der Waals surface area contributed by atoms with Gasteiger partial charge in [0.05, 0.1) is 5.69 Å². The molecule has 0 amide bonds. The van der Waals surface area contributed by atoms with E-state index in [9.17, 15) is 0 Å². The third-order valence-corrected chi connectivity index (χ3v) is 11.2. The molecule has 1 aromatic heterocycles. The molecule has 2 heteroatoms. The lowest BCUT2D eigenvalue weighted by atomic mass is 9.96. The van der Waals surface area contributed by atoms with E-state index in [1.165, 1.54) is 54.6 Å². The Bertz CT molecular complexity index is 3250. The Labute approximate surface area is 325 Å². The summed E-state index contributed by atoms with van der Waals surface area (Å²) < 4.78 is 6.30. The molecule has 0 aliphatic rings. The van der Waals surface area contributed by atoms with Crippen LogP contribution >= 0.6 is 0 Å². The summed E-state index contributed by atoms with van der Waals surface area (Å²) in [6, 6.07) is 76.6. The van der Waals surface area contributed by atoms with Crippen LogP contribution in [0.3, 0.4) is 0 Å². The van der Waals surface area contributed by atoms with Gasteiger partial charge in [-0.1, -0.05) is 164 Å². The predicted octanol–water partition coefficient (Wildman–Crippen LogP) is 15.5. The van der Waals surface area contributed by atoms with Crippen LogP contribution in [0.1, 0.15) is 0 Å². The second-order valence-corrected chi connectivity index (χ2v) is 14.5. The molecule has 11 aromatic rings. The van der Waals surface area contributed by atoms with Gasteiger partial charge in [-0.15, -0.1) is 0 Å². The number of hydrogen-bond acceptors (Lipinski definition) is 2. The summed E-state index contributed by atoms with van der Waals surface area (Å²) >= 11 is 0. The molecule has 0 aliphatic carbocycles. The maximum absolute atomic E-state index is 6.30. The summed E-state index contributed by atoms with van der Waals surface area (Å²) in [5.74, 6) is 0. The van der Waals surface area contributed by atoms with Gasteiger partial charge in [-0.05, 0) is 109 Å². The van der Waals surface area contributed by atoms with Crippen LogP contribution in [0.5, 0.6) is 0 Å². The zero-order valence-corrected chi connectivity index (χ0v) is 30.6. The van der Waals surface area contributed by atoms with Crippen molar-refractivity contribution in [3.63, 3.8) is 0 Å². The van der Waals surface area contributed by atoms with E-state index in [1.54, 1.807) is 0 Å². The minimum absolute atomic E-state index is 0.896. The van der Waals surface area contributed by atoms with Gasteiger partial charge in [-0.3, -0.25) is 0 Å². The highest BCUT2D eigenvalue weighted by Crippen LogP contribution is 2.44. The van der Waals surface area contributed by atoms with E-state index in [0.29, 0.717) is 0 Å². The summed E-state index contributed by atoms with van der Waals surface area (Å²) in [4.78, 5) is 2.42. The Balaban J connectivity index is 1.04. The summed E-state index contributed by atoms with van der Waals surface area (Å²) in [5, 5.41) is 9.68. The van der Waals surface area contributed by atoms with E-state index < -0.39 is 0 Å². The molecule has 0 aliphatic heterocycles. The molecule has 0 fully saturated rings. The van der Waals surface area contributed by atoms with Gasteiger partial charge in [0.1, 0.15) is 11.2 Å². The lowest BCUT2D eigenvalue weighted by Crippen LogP contribution is -2.10. The Morgan fingerprint density at radius 2 is 0.893 bits per heavy atom. The smallest absolute Gasteiger partial charge is 0.136 e. The Morgan fingerprint density at radius 1 is 0.304 bits per heavy atom. The van der Waals surface area contributed by atoms with Crippen LogP contribution in [0.15, 0.2) is 217 Å². The Hall–Kier alpha value is -7.42. The summed E-state index contributed by atoms with van der Waals surface area (Å²) in [7, 11) is 0. The number of furan rings is 1. The number of para-hydroxylation sites is 1. The maximum Gasteiger partial charge on any atom is 0.136 e. The largest absolute Gasteiger partial charge is 0.456 e. The van der Waals surface area contributed by atoms with Gasteiger partial charge in [0.2, 0.25) is 0 Å². The molecule has 0 N–H and O–H groups in total. The number of fused-ring (bicyclic) bond motifs is 7. The van der Waals surface area contributed by atoms with Crippen LogP contribution in [0.2, 0.25) is 0 Å². The van der Waals surface area contributed by atoms with Gasteiger partial charge in [-0.25, -0.2) is 0 Å². The predicted molar refractivity (Wildman–Crippen MR) is 237 cm³/mol. The van der Waals surface area contributed by atoms with Crippen molar-refractivity contribution in [3.05, 3.63) is 212 Å². The van der Waals surface area contributed by atoms with Gasteiger partial charge in [0.25, 0.3) is 0 Å². The first kappa shape index (κ1) is 32.0. The van der Waals surface area contributed by atoms with Gasteiger partial charge in [-0.2, -0.15) is 0 Å². The van der Waals surface area contributed by atoms with E-state index >= 15 is 0 Å². The SMILES string of the molecule is c1cc(-c2cccc3oc4ccccc4c23)cc(N(c2ccc(-c3ccc(-c4ccc5ccccc5c4)cc3)cc2)c2cc3ccccc3c3ccccc23)c1. The van der Waals surface area contributed by atoms with E-state index in [-0.39, 0.29) is 0 Å². The average molecular weight is 714 g/mol. The second-order valence-electron chi connectivity index (χ2n) is 14.5. The monoisotopic (exact) mass is 713 g/mol. The molecule has 0 radical (unpaired) electrons. The molecule has 0 saturated heterocycles. The van der Waals surface area contributed by atoms with Gasteiger partial charge in [0.15, 0.2) is 0 Å². The molecule has 11 rings (SSSR count). The third-order valence-electron chi connectivity index (χ3n) is 11.2. The van der Waals surface area contributed by atoms with Crippen molar-refractivity contribution in [3.8, 4) is 33.4 Å². The second kappa shape index (κ2) is 13.2. The normalized spacial score (nSPS) is 11.6. The van der Waals surface area contributed by atoms with Crippen LogP contribution in [0.4, 0.5) is 17.1 Å². The van der Waals surface area contributed by atoms with Crippen molar-refractivity contribution in [2.45, 2.75) is 0 Å². The van der Waals surface area contributed by atoms with E-state index in [2.05, 4.69) is 205 Å². The van der Waals surface area contributed by atoms with Crippen molar-refractivity contribution in [1.82, 2.24) is 0 Å². The number of nitrogens with zero attached hydrogens (tertiary/aromatic N) is 1. The highest BCUT2D eigenvalue weighted by molar-refractivity contribution is 6.15. The van der Waals surface area contributed by atoms with Crippen LogP contribution < -0.4 is 4.90 Å².